The highest BCUT2D eigenvalue weighted by atomic mass is 32.2. The number of para-hydroxylation sites is 1. The highest BCUT2D eigenvalue weighted by molar-refractivity contribution is 7.89. The summed E-state index contributed by atoms with van der Waals surface area (Å²) >= 11 is 0. The second-order valence-electron chi connectivity index (χ2n) is 4.54. The van der Waals surface area contributed by atoms with Gasteiger partial charge in [-0.15, -0.1) is 18.2 Å². The van der Waals surface area contributed by atoms with Gasteiger partial charge in [0.15, 0.2) is 5.82 Å². The molecule has 2 rings (SSSR count). The summed E-state index contributed by atoms with van der Waals surface area (Å²) in [6.45, 7) is -0.447. The Hall–Kier alpha value is -2.67. The molecule has 0 saturated carbocycles. The van der Waals surface area contributed by atoms with Crippen molar-refractivity contribution in [2.24, 2.45) is 0 Å². The van der Waals surface area contributed by atoms with Crippen LogP contribution in [0.5, 0.6) is 17.8 Å². The predicted molar refractivity (Wildman–Crippen MR) is 80.1 cm³/mol. The number of aromatic nitrogens is 3. The maximum absolute atomic E-state index is 12.4. The smallest absolute Gasteiger partial charge is 0.467 e. The van der Waals surface area contributed by atoms with Gasteiger partial charge in [-0.3, -0.25) is 0 Å². The number of sulfonamides is 1. The van der Waals surface area contributed by atoms with Gasteiger partial charge in [-0.1, -0.05) is 12.1 Å². The Morgan fingerprint density at radius 3 is 2.15 bits per heavy atom. The molecule has 0 aliphatic heterocycles. The van der Waals surface area contributed by atoms with E-state index in [9.17, 15) is 21.6 Å². The van der Waals surface area contributed by atoms with Crippen molar-refractivity contribution in [3.05, 3.63) is 30.1 Å². The largest absolute Gasteiger partial charge is 0.573 e. The zero-order valence-electron chi connectivity index (χ0n) is 13.4. The number of nitrogens with one attached hydrogen (secondary N) is 1. The molecule has 1 aromatic heterocycles. The molecule has 0 fully saturated rings. The lowest BCUT2D eigenvalue weighted by Gasteiger charge is -2.13. The third kappa shape index (κ3) is 5.16. The number of benzene rings is 1. The van der Waals surface area contributed by atoms with Crippen LogP contribution in [0.3, 0.4) is 0 Å². The monoisotopic (exact) mass is 394 g/mol. The van der Waals surface area contributed by atoms with Crippen LogP contribution in [0.2, 0.25) is 0 Å². The van der Waals surface area contributed by atoms with E-state index in [4.69, 9.17) is 9.47 Å². The van der Waals surface area contributed by atoms with Crippen molar-refractivity contribution in [2.75, 3.05) is 14.2 Å². The molecule has 0 amide bonds. The van der Waals surface area contributed by atoms with Gasteiger partial charge in [-0.2, -0.15) is 9.97 Å². The summed E-state index contributed by atoms with van der Waals surface area (Å²) in [4.78, 5) is 10.7. The van der Waals surface area contributed by atoms with Crippen molar-refractivity contribution in [1.82, 2.24) is 19.7 Å². The molecule has 0 aliphatic rings. The summed E-state index contributed by atoms with van der Waals surface area (Å²) in [5.41, 5.74) is 0. The van der Waals surface area contributed by atoms with Gasteiger partial charge in [-0.05, 0) is 12.1 Å². The van der Waals surface area contributed by atoms with Crippen molar-refractivity contribution in [2.45, 2.75) is 17.8 Å². The number of rotatable bonds is 7. The number of ether oxygens (including phenoxy) is 3. The number of hydrogen-bond acceptors (Lipinski definition) is 8. The molecule has 1 N–H and O–H groups in total. The second-order valence-corrected chi connectivity index (χ2v) is 6.28. The predicted octanol–water partition coefficient (Wildman–Crippen LogP) is 1.27. The first kappa shape index (κ1) is 19.7. The lowest BCUT2D eigenvalue weighted by atomic mass is 10.3. The first-order chi connectivity index (χ1) is 12.1. The molecule has 142 valence electrons. The normalized spacial score (nSPS) is 11.9. The van der Waals surface area contributed by atoms with Crippen molar-refractivity contribution < 1.29 is 35.8 Å². The van der Waals surface area contributed by atoms with Gasteiger partial charge in [0.05, 0.1) is 20.8 Å². The van der Waals surface area contributed by atoms with Gasteiger partial charge in [0, 0.05) is 0 Å². The molecule has 0 bridgehead atoms. The Labute approximate surface area is 146 Å². The van der Waals surface area contributed by atoms with Crippen LogP contribution < -0.4 is 18.9 Å². The van der Waals surface area contributed by atoms with Crippen LogP contribution in [0.15, 0.2) is 29.2 Å². The van der Waals surface area contributed by atoms with E-state index >= 15 is 0 Å². The fourth-order valence-electron chi connectivity index (χ4n) is 1.76. The van der Waals surface area contributed by atoms with E-state index in [2.05, 4.69) is 24.4 Å². The van der Waals surface area contributed by atoms with Crippen LogP contribution in [0.25, 0.3) is 0 Å². The maximum atomic E-state index is 12.4. The van der Waals surface area contributed by atoms with E-state index in [1.807, 2.05) is 0 Å². The number of hydrogen-bond donors (Lipinski definition) is 1. The minimum Gasteiger partial charge on any atom is -0.467 e. The molecular formula is C13H13F3N4O5S. The summed E-state index contributed by atoms with van der Waals surface area (Å²) in [5, 5.41) is 0. The summed E-state index contributed by atoms with van der Waals surface area (Å²) < 4.78 is 77.4. The SMILES string of the molecule is COc1nc(CNS(=O)(=O)c2ccccc2OC(F)(F)F)nc(OC)n1. The fourth-order valence-corrected chi connectivity index (χ4v) is 2.86. The second kappa shape index (κ2) is 7.70. The van der Waals surface area contributed by atoms with E-state index in [0.717, 1.165) is 12.1 Å². The number of nitrogens with zero attached hydrogens (tertiary/aromatic N) is 3. The van der Waals surface area contributed by atoms with Crippen LogP contribution in [-0.2, 0) is 16.6 Å². The topological polar surface area (TPSA) is 113 Å². The molecule has 26 heavy (non-hydrogen) atoms. The first-order valence-corrected chi connectivity index (χ1v) is 8.30. The molecule has 1 heterocycles. The molecule has 2 aromatic rings. The molecular weight excluding hydrogens is 381 g/mol. The molecule has 0 atom stereocenters. The Morgan fingerprint density at radius 1 is 1.04 bits per heavy atom. The van der Waals surface area contributed by atoms with Crippen LogP contribution in [0, 0.1) is 0 Å². The number of alkyl halides is 3. The quantitative estimate of drug-likeness (QED) is 0.747. The minimum atomic E-state index is -5.04. The Balaban J connectivity index is 2.25. The summed E-state index contributed by atoms with van der Waals surface area (Å²) in [5.74, 6) is -0.926. The van der Waals surface area contributed by atoms with E-state index in [1.165, 1.54) is 26.4 Å². The van der Waals surface area contributed by atoms with Crippen LogP contribution in [-0.4, -0.2) is 44.0 Å². The van der Waals surface area contributed by atoms with Crippen molar-refractivity contribution >= 4 is 10.0 Å². The minimum absolute atomic E-state index is 0.0634. The van der Waals surface area contributed by atoms with Crippen molar-refractivity contribution in [1.29, 1.82) is 0 Å². The number of halogens is 3. The van der Waals surface area contributed by atoms with Gasteiger partial charge in [0.2, 0.25) is 10.0 Å². The molecule has 1 aromatic carbocycles. The van der Waals surface area contributed by atoms with Gasteiger partial charge in [-0.25, -0.2) is 13.1 Å². The zero-order valence-corrected chi connectivity index (χ0v) is 14.3. The third-order valence-electron chi connectivity index (χ3n) is 2.79. The Kier molecular flexibility index (Phi) is 5.82. The van der Waals surface area contributed by atoms with E-state index in [-0.39, 0.29) is 17.8 Å². The van der Waals surface area contributed by atoms with Gasteiger partial charge < -0.3 is 14.2 Å². The average Bonchev–Trinajstić information content (AvgIpc) is 2.58. The first-order valence-electron chi connectivity index (χ1n) is 6.82. The highest BCUT2D eigenvalue weighted by Gasteiger charge is 2.34. The van der Waals surface area contributed by atoms with E-state index in [1.54, 1.807) is 0 Å². The van der Waals surface area contributed by atoms with Crippen molar-refractivity contribution in [3.8, 4) is 17.8 Å². The zero-order chi connectivity index (χ0) is 19.4. The van der Waals surface area contributed by atoms with Crippen LogP contribution >= 0.6 is 0 Å². The standard InChI is InChI=1S/C13H13F3N4O5S/c1-23-11-18-10(19-12(20-11)24-2)7-17-26(21,22)9-6-4-3-5-8(9)25-13(14,15)16/h3-6,17H,7H2,1-2H3. The molecule has 0 radical (unpaired) electrons. The van der Waals surface area contributed by atoms with E-state index in [0.29, 0.717) is 0 Å². The van der Waals surface area contributed by atoms with Crippen molar-refractivity contribution in [3.63, 3.8) is 0 Å². The van der Waals surface area contributed by atoms with Gasteiger partial charge >= 0.3 is 18.4 Å². The Morgan fingerprint density at radius 2 is 1.62 bits per heavy atom. The lowest BCUT2D eigenvalue weighted by Crippen LogP contribution is -2.26. The lowest BCUT2D eigenvalue weighted by molar-refractivity contribution is -0.275. The maximum Gasteiger partial charge on any atom is 0.573 e. The molecule has 0 saturated heterocycles. The third-order valence-corrected chi connectivity index (χ3v) is 4.23. The Bertz CT molecular complexity index is 854. The molecule has 9 nitrogen and oxygen atoms in total. The van der Waals surface area contributed by atoms with Crippen LogP contribution in [0.1, 0.15) is 5.82 Å². The molecule has 0 unspecified atom stereocenters. The fraction of sp³-hybridized carbons (Fsp3) is 0.308. The summed E-state index contributed by atoms with van der Waals surface area (Å²) in [7, 11) is -1.79. The molecule has 13 heteroatoms. The molecule has 0 spiro atoms. The molecule has 0 aliphatic carbocycles. The number of methoxy groups -OCH3 is 2. The average molecular weight is 394 g/mol. The van der Waals surface area contributed by atoms with Gasteiger partial charge in [0.25, 0.3) is 0 Å². The van der Waals surface area contributed by atoms with E-state index < -0.39 is 33.6 Å². The highest BCUT2D eigenvalue weighted by Crippen LogP contribution is 2.29. The summed E-state index contributed by atoms with van der Waals surface area (Å²) in [6, 6.07) is 4.09. The van der Waals surface area contributed by atoms with Crippen LogP contribution in [0.4, 0.5) is 13.2 Å². The summed E-state index contributed by atoms with van der Waals surface area (Å²) in [6.07, 6.45) is -5.04. The van der Waals surface area contributed by atoms with Gasteiger partial charge in [0.1, 0.15) is 10.6 Å².